The lowest BCUT2D eigenvalue weighted by atomic mass is 10.0. The summed E-state index contributed by atoms with van der Waals surface area (Å²) < 4.78 is 5.54. The molecule has 0 spiro atoms. The third-order valence-corrected chi connectivity index (χ3v) is 4.03. The van der Waals surface area contributed by atoms with E-state index in [-0.39, 0.29) is 11.1 Å². The quantitative estimate of drug-likeness (QED) is 0.588. The molecule has 3 heteroatoms. The summed E-state index contributed by atoms with van der Waals surface area (Å²) in [5.41, 5.74) is 2.05. The van der Waals surface area contributed by atoms with Crippen molar-refractivity contribution in [1.29, 1.82) is 0 Å². The first-order chi connectivity index (χ1) is 8.25. The molecule has 2 fully saturated rings. The van der Waals surface area contributed by atoms with Gasteiger partial charge in [-0.1, -0.05) is 24.3 Å². The topological polar surface area (TPSA) is 38.7 Å². The van der Waals surface area contributed by atoms with Gasteiger partial charge in [-0.15, -0.1) is 0 Å². The number of hydrogen-bond acceptors (Lipinski definition) is 3. The Morgan fingerprint density at radius 1 is 1.12 bits per heavy atom. The maximum atomic E-state index is 10.4. The summed E-state index contributed by atoms with van der Waals surface area (Å²) in [5, 5.41) is 0. The fourth-order valence-corrected chi connectivity index (χ4v) is 2.48. The predicted octanol–water partition coefficient (Wildman–Crippen LogP) is 2.65. The lowest BCUT2D eigenvalue weighted by Crippen LogP contribution is -2.09. The number of methoxy groups -OCH3 is 1. The van der Waals surface area contributed by atoms with Crippen LogP contribution in [0.5, 0.6) is 0 Å². The Labute approximate surface area is 101 Å². The highest BCUT2D eigenvalue weighted by atomic mass is 16.5. The second kappa shape index (κ2) is 3.52. The molecule has 2 aliphatic rings. The van der Waals surface area contributed by atoms with Crippen molar-refractivity contribution in [3.05, 3.63) is 35.4 Å². The van der Waals surface area contributed by atoms with Crippen LogP contribution in [0.3, 0.4) is 0 Å². The SMILES string of the molecule is COC1(c2ccc(C3(N=C=O)CC3)cc2)CC1. The number of benzene rings is 1. The monoisotopic (exact) mass is 229 g/mol. The number of ether oxygens (including phenoxy) is 1. The van der Waals surface area contributed by atoms with E-state index in [1.807, 2.05) is 0 Å². The first-order valence-electron chi connectivity index (χ1n) is 6.00. The van der Waals surface area contributed by atoms with E-state index in [1.54, 1.807) is 13.2 Å². The molecule has 3 rings (SSSR count). The van der Waals surface area contributed by atoms with Crippen molar-refractivity contribution in [2.75, 3.05) is 7.11 Å². The van der Waals surface area contributed by atoms with Crippen molar-refractivity contribution in [3.63, 3.8) is 0 Å². The minimum absolute atomic E-state index is 0.0385. The zero-order valence-corrected chi connectivity index (χ0v) is 9.90. The maximum absolute atomic E-state index is 10.4. The predicted molar refractivity (Wildman–Crippen MR) is 63.4 cm³/mol. The van der Waals surface area contributed by atoms with E-state index < -0.39 is 0 Å². The molecule has 0 amide bonds. The summed E-state index contributed by atoms with van der Waals surface area (Å²) >= 11 is 0. The van der Waals surface area contributed by atoms with Crippen molar-refractivity contribution < 1.29 is 9.53 Å². The average molecular weight is 229 g/mol. The molecule has 0 aliphatic heterocycles. The van der Waals surface area contributed by atoms with Crippen LogP contribution < -0.4 is 0 Å². The standard InChI is InChI=1S/C14H15NO2/c1-17-14(8-9-14)12-4-2-11(3-5-12)13(6-7-13)15-10-16/h2-5H,6-9H2,1H3. The van der Waals surface area contributed by atoms with E-state index in [4.69, 9.17) is 4.74 Å². The number of rotatable bonds is 4. The zero-order chi connectivity index (χ0) is 11.9. The Morgan fingerprint density at radius 2 is 1.71 bits per heavy atom. The maximum Gasteiger partial charge on any atom is 0.235 e. The second-order valence-corrected chi connectivity index (χ2v) is 5.01. The average Bonchev–Trinajstić information content (AvgIpc) is 3.26. The second-order valence-electron chi connectivity index (χ2n) is 5.01. The molecule has 2 aliphatic carbocycles. The molecule has 0 atom stereocenters. The Balaban J connectivity index is 1.88. The van der Waals surface area contributed by atoms with Crippen LogP contribution in [-0.2, 0) is 20.7 Å². The van der Waals surface area contributed by atoms with Gasteiger partial charge in [0.15, 0.2) is 0 Å². The molecule has 17 heavy (non-hydrogen) atoms. The molecule has 0 radical (unpaired) electrons. The van der Waals surface area contributed by atoms with Gasteiger partial charge in [-0.3, -0.25) is 0 Å². The summed E-state index contributed by atoms with van der Waals surface area (Å²) in [6.07, 6.45) is 5.79. The van der Waals surface area contributed by atoms with Gasteiger partial charge < -0.3 is 4.74 Å². The minimum Gasteiger partial charge on any atom is -0.374 e. The molecular weight excluding hydrogens is 214 g/mol. The molecule has 2 saturated carbocycles. The van der Waals surface area contributed by atoms with E-state index >= 15 is 0 Å². The van der Waals surface area contributed by atoms with Crippen LogP contribution in [0.15, 0.2) is 29.3 Å². The van der Waals surface area contributed by atoms with Crippen LogP contribution in [0.1, 0.15) is 36.8 Å². The van der Waals surface area contributed by atoms with Crippen molar-refractivity contribution >= 4 is 6.08 Å². The third-order valence-electron chi connectivity index (χ3n) is 4.03. The van der Waals surface area contributed by atoms with Crippen LogP contribution in [-0.4, -0.2) is 13.2 Å². The first-order valence-corrected chi connectivity index (χ1v) is 6.00. The van der Waals surface area contributed by atoms with Gasteiger partial charge in [-0.05, 0) is 36.8 Å². The van der Waals surface area contributed by atoms with Gasteiger partial charge in [-0.2, -0.15) is 4.99 Å². The number of aliphatic imine (C=N–C) groups is 1. The summed E-state index contributed by atoms with van der Waals surface area (Å²) in [5.74, 6) is 0. The molecule has 1 aromatic carbocycles. The summed E-state index contributed by atoms with van der Waals surface area (Å²) in [6, 6.07) is 8.35. The van der Waals surface area contributed by atoms with Gasteiger partial charge in [0.2, 0.25) is 6.08 Å². The third kappa shape index (κ3) is 1.63. The van der Waals surface area contributed by atoms with Crippen molar-refractivity contribution in [1.82, 2.24) is 0 Å². The number of isocyanates is 1. The molecular formula is C14H15NO2. The van der Waals surface area contributed by atoms with Crippen LogP contribution in [0, 0.1) is 0 Å². The number of carbonyl (C=O) groups excluding carboxylic acids is 1. The van der Waals surface area contributed by atoms with E-state index in [9.17, 15) is 4.79 Å². The van der Waals surface area contributed by atoms with E-state index in [2.05, 4.69) is 29.3 Å². The van der Waals surface area contributed by atoms with E-state index in [1.165, 1.54) is 5.56 Å². The lowest BCUT2D eigenvalue weighted by Gasteiger charge is -2.15. The van der Waals surface area contributed by atoms with Crippen molar-refractivity contribution in [2.24, 2.45) is 4.99 Å². The largest absolute Gasteiger partial charge is 0.374 e. The van der Waals surface area contributed by atoms with Gasteiger partial charge in [-0.25, -0.2) is 4.79 Å². The number of nitrogens with zero attached hydrogens (tertiary/aromatic N) is 1. The highest BCUT2D eigenvalue weighted by Gasteiger charge is 2.47. The normalized spacial score (nSPS) is 22.6. The highest BCUT2D eigenvalue weighted by Crippen LogP contribution is 2.51. The highest BCUT2D eigenvalue weighted by molar-refractivity contribution is 5.42. The molecule has 0 N–H and O–H groups in total. The minimum atomic E-state index is -0.260. The molecule has 0 bridgehead atoms. The van der Waals surface area contributed by atoms with Crippen LogP contribution >= 0.6 is 0 Å². The van der Waals surface area contributed by atoms with Gasteiger partial charge >= 0.3 is 0 Å². The Bertz CT molecular complexity index is 477. The first kappa shape index (κ1) is 10.7. The summed E-state index contributed by atoms with van der Waals surface area (Å²) in [4.78, 5) is 14.3. The molecule has 0 heterocycles. The van der Waals surface area contributed by atoms with Gasteiger partial charge in [0.05, 0.1) is 11.1 Å². The zero-order valence-electron chi connectivity index (χ0n) is 9.90. The smallest absolute Gasteiger partial charge is 0.235 e. The Morgan fingerprint density at radius 3 is 2.12 bits per heavy atom. The molecule has 0 aromatic heterocycles. The molecule has 0 saturated heterocycles. The van der Waals surface area contributed by atoms with Gasteiger partial charge in [0, 0.05) is 7.11 Å². The molecule has 3 nitrogen and oxygen atoms in total. The molecule has 0 unspecified atom stereocenters. The fraction of sp³-hybridized carbons (Fsp3) is 0.500. The van der Waals surface area contributed by atoms with E-state index in [0.717, 1.165) is 31.2 Å². The molecule has 88 valence electrons. The fourth-order valence-electron chi connectivity index (χ4n) is 2.48. The summed E-state index contributed by atoms with van der Waals surface area (Å²) in [6.45, 7) is 0. The van der Waals surface area contributed by atoms with Crippen molar-refractivity contribution in [2.45, 2.75) is 36.8 Å². The van der Waals surface area contributed by atoms with Crippen molar-refractivity contribution in [3.8, 4) is 0 Å². The number of hydrogen-bond donors (Lipinski definition) is 0. The Kier molecular flexibility index (Phi) is 2.22. The lowest BCUT2D eigenvalue weighted by molar-refractivity contribution is 0.0789. The van der Waals surface area contributed by atoms with Crippen LogP contribution in [0.4, 0.5) is 0 Å². The van der Waals surface area contributed by atoms with Gasteiger partial charge in [0.25, 0.3) is 0 Å². The Hall–Kier alpha value is -1.44. The van der Waals surface area contributed by atoms with Crippen LogP contribution in [0.25, 0.3) is 0 Å². The van der Waals surface area contributed by atoms with Crippen LogP contribution in [0.2, 0.25) is 0 Å². The van der Waals surface area contributed by atoms with Gasteiger partial charge in [0.1, 0.15) is 0 Å². The molecule has 1 aromatic rings. The van der Waals surface area contributed by atoms with E-state index in [0.29, 0.717) is 0 Å². The summed E-state index contributed by atoms with van der Waals surface area (Å²) in [7, 11) is 1.76.